The fourth-order valence-electron chi connectivity index (χ4n) is 2.36. The summed E-state index contributed by atoms with van der Waals surface area (Å²) in [5.74, 6) is 0.0941. The first-order valence-electron chi connectivity index (χ1n) is 6.77. The SMILES string of the molecule is Cc1ccc(Br)cc1C(=O)Cc1ccc2ccccc2n1. The third kappa shape index (κ3) is 3.03. The Balaban J connectivity index is 1.90. The van der Waals surface area contributed by atoms with Gasteiger partial charge in [0.1, 0.15) is 0 Å². The number of benzene rings is 2. The summed E-state index contributed by atoms with van der Waals surface area (Å²) in [6.07, 6.45) is 0.322. The highest BCUT2D eigenvalue weighted by atomic mass is 79.9. The summed E-state index contributed by atoms with van der Waals surface area (Å²) in [6.45, 7) is 1.95. The fraction of sp³-hybridized carbons (Fsp3) is 0.111. The number of hydrogen-bond acceptors (Lipinski definition) is 2. The van der Waals surface area contributed by atoms with Crippen molar-refractivity contribution in [2.75, 3.05) is 0 Å². The summed E-state index contributed by atoms with van der Waals surface area (Å²) >= 11 is 3.41. The number of nitrogens with zero attached hydrogens (tertiary/aromatic N) is 1. The van der Waals surface area contributed by atoms with E-state index < -0.39 is 0 Å². The van der Waals surface area contributed by atoms with Crippen molar-refractivity contribution in [3.05, 3.63) is 75.9 Å². The first kappa shape index (κ1) is 14.0. The molecule has 3 rings (SSSR count). The second-order valence-corrected chi connectivity index (χ2v) is 5.97. The molecule has 0 fully saturated rings. The average Bonchev–Trinajstić information content (AvgIpc) is 2.49. The van der Waals surface area contributed by atoms with Crippen molar-refractivity contribution in [3.63, 3.8) is 0 Å². The minimum Gasteiger partial charge on any atom is -0.294 e. The van der Waals surface area contributed by atoms with Gasteiger partial charge in [-0.2, -0.15) is 0 Å². The van der Waals surface area contributed by atoms with Crippen LogP contribution in [0.5, 0.6) is 0 Å². The third-order valence-electron chi connectivity index (χ3n) is 3.50. The normalized spacial score (nSPS) is 10.8. The molecule has 0 aliphatic heterocycles. The predicted molar refractivity (Wildman–Crippen MR) is 88.7 cm³/mol. The van der Waals surface area contributed by atoms with Crippen LogP contribution >= 0.6 is 15.9 Å². The zero-order valence-electron chi connectivity index (χ0n) is 11.6. The maximum Gasteiger partial charge on any atom is 0.169 e. The Morgan fingerprint density at radius 3 is 2.76 bits per heavy atom. The number of para-hydroxylation sites is 1. The summed E-state index contributed by atoms with van der Waals surface area (Å²) in [5.41, 5.74) is 3.47. The highest BCUT2D eigenvalue weighted by molar-refractivity contribution is 9.10. The summed E-state index contributed by atoms with van der Waals surface area (Å²) in [6, 6.07) is 17.6. The molecule has 0 aliphatic rings. The Bertz CT molecular complexity index is 826. The van der Waals surface area contributed by atoms with E-state index in [1.807, 2.05) is 61.5 Å². The molecular formula is C18H14BrNO. The lowest BCUT2D eigenvalue weighted by Crippen LogP contribution is -2.07. The molecule has 0 saturated carbocycles. The molecule has 0 atom stereocenters. The number of carbonyl (C=O) groups excluding carboxylic acids is 1. The van der Waals surface area contributed by atoms with Gasteiger partial charge in [0, 0.05) is 21.1 Å². The van der Waals surface area contributed by atoms with Crippen LogP contribution < -0.4 is 0 Å². The van der Waals surface area contributed by atoms with Crippen molar-refractivity contribution < 1.29 is 4.79 Å². The van der Waals surface area contributed by atoms with E-state index in [4.69, 9.17) is 0 Å². The minimum atomic E-state index is 0.0941. The van der Waals surface area contributed by atoms with E-state index in [9.17, 15) is 4.79 Å². The molecule has 2 nitrogen and oxygen atoms in total. The number of hydrogen-bond donors (Lipinski definition) is 0. The summed E-state index contributed by atoms with van der Waals surface area (Å²) in [5, 5.41) is 1.09. The Hall–Kier alpha value is -2.00. The molecule has 3 heteroatoms. The maximum absolute atomic E-state index is 12.5. The van der Waals surface area contributed by atoms with E-state index in [1.165, 1.54) is 0 Å². The highest BCUT2D eigenvalue weighted by Gasteiger charge is 2.11. The molecule has 0 spiro atoms. The van der Waals surface area contributed by atoms with Crippen molar-refractivity contribution in [1.29, 1.82) is 0 Å². The van der Waals surface area contributed by atoms with E-state index in [0.29, 0.717) is 6.42 Å². The molecule has 21 heavy (non-hydrogen) atoms. The van der Waals surface area contributed by atoms with Gasteiger partial charge in [-0.05, 0) is 36.8 Å². The predicted octanol–water partition coefficient (Wildman–Crippen LogP) is 4.73. The largest absolute Gasteiger partial charge is 0.294 e. The van der Waals surface area contributed by atoms with Crippen LogP contribution in [0.1, 0.15) is 21.6 Å². The lowest BCUT2D eigenvalue weighted by Gasteiger charge is -2.06. The summed E-state index contributed by atoms with van der Waals surface area (Å²) in [4.78, 5) is 17.0. The minimum absolute atomic E-state index is 0.0941. The molecule has 0 N–H and O–H groups in total. The average molecular weight is 340 g/mol. The molecule has 0 aliphatic carbocycles. The van der Waals surface area contributed by atoms with Crippen LogP contribution in [0, 0.1) is 6.92 Å². The second-order valence-electron chi connectivity index (χ2n) is 5.05. The van der Waals surface area contributed by atoms with Crippen LogP contribution in [-0.4, -0.2) is 10.8 Å². The van der Waals surface area contributed by atoms with Gasteiger partial charge in [-0.25, -0.2) is 0 Å². The van der Waals surface area contributed by atoms with E-state index in [-0.39, 0.29) is 5.78 Å². The molecule has 0 radical (unpaired) electrons. The van der Waals surface area contributed by atoms with Gasteiger partial charge < -0.3 is 0 Å². The number of fused-ring (bicyclic) bond motifs is 1. The third-order valence-corrected chi connectivity index (χ3v) is 3.99. The number of ketones is 1. The van der Waals surface area contributed by atoms with Crippen LogP contribution in [-0.2, 0) is 6.42 Å². The van der Waals surface area contributed by atoms with Gasteiger partial charge in [0.25, 0.3) is 0 Å². The number of halogens is 1. The molecule has 0 amide bonds. The zero-order valence-corrected chi connectivity index (χ0v) is 13.2. The van der Waals surface area contributed by atoms with Crippen LogP contribution in [0.2, 0.25) is 0 Å². The van der Waals surface area contributed by atoms with Gasteiger partial charge in [0.05, 0.1) is 11.9 Å². The number of carbonyl (C=O) groups is 1. The van der Waals surface area contributed by atoms with Gasteiger partial charge in [-0.3, -0.25) is 9.78 Å². The quantitative estimate of drug-likeness (QED) is 0.645. The first-order chi connectivity index (χ1) is 10.1. The van der Waals surface area contributed by atoms with Crippen LogP contribution in [0.25, 0.3) is 10.9 Å². The van der Waals surface area contributed by atoms with E-state index in [2.05, 4.69) is 20.9 Å². The standard InChI is InChI=1S/C18H14BrNO/c1-12-6-8-14(19)10-16(12)18(21)11-15-9-7-13-4-2-3-5-17(13)20-15/h2-10H,11H2,1H3. The number of Topliss-reactive ketones (excluding diaryl/α,β-unsaturated/α-hetero) is 1. The molecule has 3 aromatic rings. The van der Waals surface area contributed by atoms with Crippen molar-refractivity contribution in [1.82, 2.24) is 4.98 Å². The van der Waals surface area contributed by atoms with E-state index in [0.717, 1.165) is 32.2 Å². The van der Waals surface area contributed by atoms with Crippen LogP contribution in [0.4, 0.5) is 0 Å². The number of rotatable bonds is 3. The molecular weight excluding hydrogens is 326 g/mol. The van der Waals surface area contributed by atoms with Crippen molar-refractivity contribution in [2.24, 2.45) is 0 Å². The lowest BCUT2D eigenvalue weighted by atomic mass is 10.0. The molecule has 2 aromatic carbocycles. The van der Waals surface area contributed by atoms with Gasteiger partial charge in [0.2, 0.25) is 0 Å². The van der Waals surface area contributed by atoms with Gasteiger partial charge in [0.15, 0.2) is 5.78 Å². The van der Waals surface area contributed by atoms with Crippen LogP contribution in [0.15, 0.2) is 59.1 Å². The maximum atomic E-state index is 12.5. The molecule has 0 unspecified atom stereocenters. The van der Waals surface area contributed by atoms with Crippen molar-refractivity contribution >= 4 is 32.6 Å². The molecule has 0 saturated heterocycles. The summed E-state index contributed by atoms with van der Waals surface area (Å²) in [7, 11) is 0. The van der Waals surface area contributed by atoms with E-state index in [1.54, 1.807) is 0 Å². The Morgan fingerprint density at radius 1 is 1.10 bits per heavy atom. The number of aryl methyl sites for hydroxylation is 1. The monoisotopic (exact) mass is 339 g/mol. The zero-order chi connectivity index (χ0) is 14.8. The highest BCUT2D eigenvalue weighted by Crippen LogP contribution is 2.19. The smallest absolute Gasteiger partial charge is 0.169 e. The molecule has 104 valence electrons. The van der Waals surface area contributed by atoms with Crippen LogP contribution in [0.3, 0.4) is 0 Å². The lowest BCUT2D eigenvalue weighted by molar-refractivity contribution is 0.0991. The van der Waals surface area contributed by atoms with Gasteiger partial charge in [-0.1, -0.05) is 46.3 Å². The number of pyridine rings is 1. The number of aromatic nitrogens is 1. The molecule has 0 bridgehead atoms. The molecule has 1 heterocycles. The van der Waals surface area contributed by atoms with E-state index >= 15 is 0 Å². The van der Waals surface area contributed by atoms with Gasteiger partial charge >= 0.3 is 0 Å². The Labute approximate surface area is 132 Å². The first-order valence-corrected chi connectivity index (χ1v) is 7.57. The second kappa shape index (κ2) is 5.78. The van der Waals surface area contributed by atoms with Crippen molar-refractivity contribution in [2.45, 2.75) is 13.3 Å². The summed E-state index contributed by atoms with van der Waals surface area (Å²) < 4.78 is 0.919. The molecule has 1 aromatic heterocycles. The Kier molecular flexibility index (Phi) is 3.84. The van der Waals surface area contributed by atoms with Gasteiger partial charge in [-0.15, -0.1) is 0 Å². The van der Waals surface area contributed by atoms with Crippen molar-refractivity contribution in [3.8, 4) is 0 Å². The topological polar surface area (TPSA) is 30.0 Å². The fourth-order valence-corrected chi connectivity index (χ4v) is 2.72. The Morgan fingerprint density at radius 2 is 1.90 bits per heavy atom.